The van der Waals surface area contributed by atoms with Gasteiger partial charge in [0.15, 0.2) is 0 Å². The molecule has 4 rings (SSSR count). The van der Waals surface area contributed by atoms with Crippen molar-refractivity contribution in [2.75, 3.05) is 0 Å². The van der Waals surface area contributed by atoms with Crippen LogP contribution in [0, 0.1) is 6.92 Å². The number of nitrogens with zero attached hydrogens (tertiary/aromatic N) is 1. The first kappa shape index (κ1) is 12.8. The minimum atomic E-state index is 0.273. The number of imidazole rings is 1. The molecule has 1 aliphatic rings. The normalized spacial score (nSPS) is 17.7. The second-order valence-corrected chi connectivity index (χ2v) is 6.79. The summed E-state index contributed by atoms with van der Waals surface area (Å²) in [5.41, 5.74) is 3.93. The maximum atomic E-state index is 4.59. The zero-order valence-electron chi connectivity index (χ0n) is 11.9. The largest absolute Gasteiger partial charge is 0.340 e. The van der Waals surface area contributed by atoms with E-state index in [1.807, 2.05) is 6.20 Å². The van der Waals surface area contributed by atoms with Gasteiger partial charge in [0.2, 0.25) is 0 Å². The summed E-state index contributed by atoms with van der Waals surface area (Å²) in [5, 5.41) is 3.57. The van der Waals surface area contributed by atoms with Gasteiger partial charge in [0.25, 0.3) is 0 Å². The van der Waals surface area contributed by atoms with E-state index in [0.29, 0.717) is 0 Å². The first-order valence-corrected chi connectivity index (χ1v) is 8.03. The van der Waals surface area contributed by atoms with Crippen LogP contribution in [-0.2, 0) is 13.0 Å². The highest BCUT2D eigenvalue weighted by atomic mass is 32.1. The molecule has 0 saturated heterocycles. The Morgan fingerprint density at radius 3 is 2.81 bits per heavy atom. The lowest BCUT2D eigenvalue weighted by Crippen LogP contribution is -2.29. The van der Waals surface area contributed by atoms with E-state index in [4.69, 9.17) is 0 Å². The van der Waals surface area contributed by atoms with E-state index < -0.39 is 0 Å². The monoisotopic (exact) mass is 295 g/mol. The number of aryl methyl sites for hydroxylation is 1. The summed E-state index contributed by atoms with van der Waals surface area (Å²) in [6, 6.07) is 13.2. The molecule has 0 radical (unpaired) electrons. The number of thiophene rings is 1. The number of aromatic nitrogens is 2. The van der Waals surface area contributed by atoms with Gasteiger partial charge in [-0.05, 0) is 36.6 Å². The SMILES string of the molecule is Cc1ccc(-c2cnc(C3Cc4ccccc4CN3)[nH]2)s1. The van der Waals surface area contributed by atoms with Crippen molar-refractivity contribution in [1.29, 1.82) is 0 Å². The Bertz CT molecular complexity index is 772. The van der Waals surface area contributed by atoms with Crippen LogP contribution in [0.5, 0.6) is 0 Å². The molecule has 21 heavy (non-hydrogen) atoms. The van der Waals surface area contributed by atoms with Crippen LogP contribution in [-0.4, -0.2) is 9.97 Å². The first-order chi connectivity index (χ1) is 10.3. The Labute approximate surface area is 128 Å². The Balaban J connectivity index is 1.60. The third-order valence-electron chi connectivity index (χ3n) is 4.01. The smallest absolute Gasteiger partial charge is 0.124 e. The lowest BCUT2D eigenvalue weighted by Gasteiger charge is -2.24. The van der Waals surface area contributed by atoms with Gasteiger partial charge < -0.3 is 10.3 Å². The summed E-state index contributed by atoms with van der Waals surface area (Å²) in [5.74, 6) is 1.03. The number of aromatic amines is 1. The third-order valence-corrected chi connectivity index (χ3v) is 5.05. The quantitative estimate of drug-likeness (QED) is 0.754. The number of fused-ring (bicyclic) bond motifs is 1. The van der Waals surface area contributed by atoms with Crippen molar-refractivity contribution in [2.24, 2.45) is 0 Å². The minimum absolute atomic E-state index is 0.273. The lowest BCUT2D eigenvalue weighted by atomic mass is 9.96. The molecule has 3 aromatic rings. The van der Waals surface area contributed by atoms with Crippen LogP contribution in [0.2, 0.25) is 0 Å². The zero-order chi connectivity index (χ0) is 14.2. The van der Waals surface area contributed by atoms with Gasteiger partial charge in [0.1, 0.15) is 5.82 Å². The molecule has 106 valence electrons. The molecule has 2 aromatic heterocycles. The molecule has 1 aliphatic heterocycles. The summed E-state index contributed by atoms with van der Waals surface area (Å²) < 4.78 is 0. The average Bonchev–Trinajstić information content (AvgIpc) is 3.15. The van der Waals surface area contributed by atoms with E-state index >= 15 is 0 Å². The molecular formula is C17H17N3S. The lowest BCUT2D eigenvalue weighted by molar-refractivity contribution is 0.480. The minimum Gasteiger partial charge on any atom is -0.340 e. The fourth-order valence-corrected chi connectivity index (χ4v) is 3.70. The van der Waals surface area contributed by atoms with E-state index in [2.05, 4.69) is 58.6 Å². The fourth-order valence-electron chi connectivity index (χ4n) is 2.87. The van der Waals surface area contributed by atoms with Gasteiger partial charge in [-0.25, -0.2) is 4.98 Å². The summed E-state index contributed by atoms with van der Waals surface area (Å²) in [4.78, 5) is 10.6. The molecule has 1 unspecified atom stereocenters. The van der Waals surface area contributed by atoms with E-state index in [9.17, 15) is 0 Å². The van der Waals surface area contributed by atoms with Crippen LogP contribution in [0.25, 0.3) is 10.6 Å². The van der Waals surface area contributed by atoms with Crippen LogP contribution in [0.3, 0.4) is 0 Å². The molecule has 2 N–H and O–H groups in total. The maximum Gasteiger partial charge on any atom is 0.124 e. The number of nitrogens with one attached hydrogen (secondary N) is 2. The molecule has 0 saturated carbocycles. The number of hydrogen-bond donors (Lipinski definition) is 2. The van der Waals surface area contributed by atoms with Crippen molar-refractivity contribution < 1.29 is 0 Å². The molecule has 1 atom stereocenters. The predicted molar refractivity (Wildman–Crippen MR) is 86.4 cm³/mol. The van der Waals surface area contributed by atoms with Crippen molar-refractivity contribution in [1.82, 2.24) is 15.3 Å². The number of benzene rings is 1. The molecule has 0 fully saturated rings. The number of H-pyrrole nitrogens is 1. The zero-order valence-corrected chi connectivity index (χ0v) is 12.7. The second-order valence-electron chi connectivity index (χ2n) is 5.50. The molecule has 0 amide bonds. The van der Waals surface area contributed by atoms with Crippen molar-refractivity contribution in [3.8, 4) is 10.6 Å². The topological polar surface area (TPSA) is 40.7 Å². The van der Waals surface area contributed by atoms with Crippen LogP contribution in [0.1, 0.15) is 27.9 Å². The highest BCUT2D eigenvalue weighted by molar-refractivity contribution is 7.15. The fraction of sp³-hybridized carbons (Fsp3) is 0.235. The molecule has 3 nitrogen and oxygen atoms in total. The average molecular weight is 295 g/mol. The molecular weight excluding hydrogens is 278 g/mol. The standard InChI is InChI=1S/C17H17N3S/c1-11-6-7-16(21-11)15-10-19-17(20-15)14-8-12-4-2-3-5-13(12)9-18-14/h2-7,10,14,18H,8-9H2,1H3,(H,19,20). The van der Waals surface area contributed by atoms with Gasteiger partial charge in [-0.1, -0.05) is 24.3 Å². The summed E-state index contributed by atoms with van der Waals surface area (Å²) in [6.07, 6.45) is 2.94. The third kappa shape index (κ3) is 2.41. The van der Waals surface area contributed by atoms with Gasteiger partial charge in [-0.2, -0.15) is 0 Å². The van der Waals surface area contributed by atoms with Crippen LogP contribution < -0.4 is 5.32 Å². The Morgan fingerprint density at radius 1 is 1.14 bits per heavy atom. The highest BCUT2D eigenvalue weighted by Gasteiger charge is 2.21. The molecule has 4 heteroatoms. The first-order valence-electron chi connectivity index (χ1n) is 7.21. The van der Waals surface area contributed by atoms with Crippen LogP contribution in [0.4, 0.5) is 0 Å². The van der Waals surface area contributed by atoms with Gasteiger partial charge in [0, 0.05) is 11.4 Å². The summed E-state index contributed by atoms with van der Waals surface area (Å²) in [7, 11) is 0. The van der Waals surface area contributed by atoms with Crippen molar-refractivity contribution in [3.05, 3.63) is 64.4 Å². The molecule has 0 spiro atoms. The number of rotatable bonds is 2. The van der Waals surface area contributed by atoms with Crippen molar-refractivity contribution >= 4 is 11.3 Å². The molecule has 0 aliphatic carbocycles. The molecule has 0 bridgehead atoms. The summed E-state index contributed by atoms with van der Waals surface area (Å²) >= 11 is 1.80. The van der Waals surface area contributed by atoms with E-state index in [1.54, 1.807) is 11.3 Å². The van der Waals surface area contributed by atoms with Crippen LogP contribution in [0.15, 0.2) is 42.6 Å². The van der Waals surface area contributed by atoms with Crippen molar-refractivity contribution in [3.63, 3.8) is 0 Å². The van der Waals surface area contributed by atoms with Crippen LogP contribution >= 0.6 is 11.3 Å². The van der Waals surface area contributed by atoms with Gasteiger partial charge in [-0.3, -0.25) is 0 Å². The van der Waals surface area contributed by atoms with Crippen molar-refractivity contribution in [2.45, 2.75) is 25.9 Å². The van der Waals surface area contributed by atoms with E-state index in [0.717, 1.165) is 24.5 Å². The van der Waals surface area contributed by atoms with Gasteiger partial charge in [-0.15, -0.1) is 11.3 Å². The Morgan fingerprint density at radius 2 is 2.00 bits per heavy atom. The number of hydrogen-bond acceptors (Lipinski definition) is 3. The highest BCUT2D eigenvalue weighted by Crippen LogP contribution is 2.29. The van der Waals surface area contributed by atoms with E-state index in [1.165, 1.54) is 20.9 Å². The Hall–Kier alpha value is -1.91. The van der Waals surface area contributed by atoms with Gasteiger partial charge >= 0.3 is 0 Å². The molecule has 3 heterocycles. The summed E-state index contributed by atoms with van der Waals surface area (Å²) in [6.45, 7) is 3.04. The maximum absolute atomic E-state index is 4.59. The molecule has 1 aromatic carbocycles. The Kier molecular flexibility index (Phi) is 3.13. The second kappa shape index (κ2) is 5.13. The van der Waals surface area contributed by atoms with E-state index in [-0.39, 0.29) is 6.04 Å². The predicted octanol–water partition coefficient (Wildman–Crippen LogP) is 3.83. The van der Waals surface area contributed by atoms with Gasteiger partial charge in [0.05, 0.1) is 22.8 Å².